The molecule has 0 aromatic rings. The number of carboxylic acids is 1. The number of allylic oxidation sites excluding steroid dienone is 3. The van der Waals surface area contributed by atoms with Gasteiger partial charge in [-0.15, -0.1) is 0 Å². The van der Waals surface area contributed by atoms with Gasteiger partial charge in [0.2, 0.25) is 6.23 Å². The van der Waals surface area contributed by atoms with Gasteiger partial charge in [0.15, 0.2) is 0 Å². The Morgan fingerprint density at radius 1 is 1.63 bits per heavy atom. The third kappa shape index (κ3) is 1.79. The highest BCUT2D eigenvalue weighted by Gasteiger charge is 2.56. The van der Waals surface area contributed by atoms with Crippen LogP contribution in [0.1, 0.15) is 13.3 Å². The summed E-state index contributed by atoms with van der Waals surface area (Å²) < 4.78 is 0. The number of rotatable bonds is 1. The Hall–Kier alpha value is -1.37. The molecule has 0 spiro atoms. The molecule has 6 nitrogen and oxygen atoms in total. The fourth-order valence-electron chi connectivity index (χ4n) is 2.70. The molecule has 0 radical (unpaired) electrons. The summed E-state index contributed by atoms with van der Waals surface area (Å²) in [6, 6.07) is -0.870. The van der Waals surface area contributed by atoms with Gasteiger partial charge in [-0.25, -0.2) is 0 Å². The first-order chi connectivity index (χ1) is 8.91. The molecule has 1 unspecified atom stereocenters. The molecule has 2 heterocycles. The van der Waals surface area contributed by atoms with Crippen LogP contribution in [0.15, 0.2) is 27.9 Å². The highest BCUT2D eigenvalue weighted by molar-refractivity contribution is 6.46. The average molecular weight is 285 g/mol. The molecule has 19 heavy (non-hydrogen) atoms. The van der Waals surface area contributed by atoms with E-state index >= 15 is 0 Å². The quantitative estimate of drug-likeness (QED) is 0.655. The van der Waals surface area contributed by atoms with Gasteiger partial charge in [-0.1, -0.05) is 35.8 Å². The molecule has 3 N–H and O–H groups in total. The Labute approximate surface area is 114 Å². The zero-order chi connectivity index (χ0) is 13.8. The second-order valence-corrected chi connectivity index (χ2v) is 5.47. The van der Waals surface area contributed by atoms with Crippen molar-refractivity contribution < 1.29 is 19.8 Å². The lowest BCUT2D eigenvalue weighted by Crippen LogP contribution is -2.51. The predicted octanol–water partition coefficient (Wildman–Crippen LogP) is 0.575. The lowest BCUT2D eigenvalue weighted by molar-refractivity contribution is -0.139. The molecule has 0 aromatic heterocycles. The van der Waals surface area contributed by atoms with Crippen molar-refractivity contribution >= 4 is 23.3 Å². The number of oxime groups is 1. The maximum Gasteiger partial charge on any atom is 0.320 e. The van der Waals surface area contributed by atoms with Crippen molar-refractivity contribution in [3.63, 3.8) is 0 Å². The highest BCUT2D eigenvalue weighted by atomic mass is 35.5. The van der Waals surface area contributed by atoms with Gasteiger partial charge in [0, 0.05) is 12.0 Å². The van der Waals surface area contributed by atoms with E-state index in [2.05, 4.69) is 10.5 Å². The van der Waals surface area contributed by atoms with Crippen LogP contribution in [0.25, 0.3) is 0 Å². The van der Waals surface area contributed by atoms with Crippen molar-refractivity contribution in [2.75, 3.05) is 0 Å². The first kappa shape index (κ1) is 12.7. The van der Waals surface area contributed by atoms with E-state index in [0.717, 1.165) is 0 Å². The Bertz CT molecular complexity index is 542. The van der Waals surface area contributed by atoms with Gasteiger partial charge in [0.05, 0.1) is 5.03 Å². The number of hydrogen-bond donors (Lipinski definition) is 3. The Balaban J connectivity index is 2.02. The summed E-state index contributed by atoms with van der Waals surface area (Å²) in [4.78, 5) is 16.2. The van der Waals surface area contributed by atoms with Gasteiger partial charge in [0.1, 0.15) is 17.4 Å². The largest absolute Gasteiger partial charge is 0.480 e. The van der Waals surface area contributed by atoms with Crippen LogP contribution in [-0.2, 0) is 9.63 Å². The summed E-state index contributed by atoms with van der Waals surface area (Å²) in [5.74, 6) is -0.979. The Kier molecular flexibility index (Phi) is 2.70. The third-order valence-electron chi connectivity index (χ3n) is 3.64. The summed E-state index contributed by atoms with van der Waals surface area (Å²) in [6.07, 6.45) is 2.80. The van der Waals surface area contributed by atoms with Crippen LogP contribution in [0.3, 0.4) is 0 Å². The minimum Gasteiger partial charge on any atom is -0.480 e. The van der Waals surface area contributed by atoms with Gasteiger partial charge in [-0.2, -0.15) is 0 Å². The molecule has 102 valence electrons. The highest BCUT2D eigenvalue weighted by Crippen LogP contribution is 2.41. The van der Waals surface area contributed by atoms with Gasteiger partial charge in [-0.3, -0.25) is 10.1 Å². The number of fused-ring (bicyclic) bond motifs is 3. The molecule has 0 bridgehead atoms. The van der Waals surface area contributed by atoms with Crippen molar-refractivity contribution in [3.8, 4) is 0 Å². The van der Waals surface area contributed by atoms with Crippen molar-refractivity contribution in [2.24, 2.45) is 11.1 Å². The average Bonchev–Trinajstić information content (AvgIpc) is 2.67. The number of nitrogens with zero attached hydrogens (tertiary/aromatic N) is 1. The predicted molar refractivity (Wildman–Crippen MR) is 67.6 cm³/mol. The van der Waals surface area contributed by atoms with Crippen molar-refractivity contribution in [2.45, 2.75) is 31.2 Å². The second kappa shape index (κ2) is 4.06. The maximum atomic E-state index is 11.1. The van der Waals surface area contributed by atoms with Crippen LogP contribution >= 0.6 is 11.6 Å². The normalized spacial score (nSPS) is 40.4. The fourth-order valence-corrected chi connectivity index (χ4v) is 3.04. The number of carbonyl (C=O) groups is 1. The van der Waals surface area contributed by atoms with E-state index in [1.54, 1.807) is 6.08 Å². The van der Waals surface area contributed by atoms with Gasteiger partial charge < -0.3 is 15.1 Å². The van der Waals surface area contributed by atoms with Crippen molar-refractivity contribution in [1.29, 1.82) is 0 Å². The van der Waals surface area contributed by atoms with Gasteiger partial charge in [-0.05, 0) is 5.92 Å². The topological polar surface area (TPSA) is 91.2 Å². The summed E-state index contributed by atoms with van der Waals surface area (Å²) >= 11 is 6.10. The summed E-state index contributed by atoms with van der Waals surface area (Å²) in [5.41, 5.74) is -0.491. The zero-order valence-electron chi connectivity index (χ0n) is 10.1. The SMILES string of the molecule is CC1C=C(Cl)C2=NO[C@H]3N[C@H](C(=O)O)C[C@@]3(O)C2=C1. The summed E-state index contributed by atoms with van der Waals surface area (Å²) in [6.45, 7) is 1.93. The first-order valence-corrected chi connectivity index (χ1v) is 6.35. The van der Waals surface area contributed by atoms with Crippen LogP contribution in [-0.4, -0.2) is 39.8 Å². The van der Waals surface area contributed by atoms with E-state index in [1.807, 2.05) is 13.0 Å². The molecule has 1 saturated heterocycles. The lowest BCUT2D eigenvalue weighted by Gasteiger charge is -2.36. The van der Waals surface area contributed by atoms with E-state index in [0.29, 0.717) is 16.3 Å². The summed E-state index contributed by atoms with van der Waals surface area (Å²) in [5, 5.41) is 26.8. The monoisotopic (exact) mass is 284 g/mol. The molecule has 1 fully saturated rings. The minimum absolute atomic E-state index is 0.0226. The second-order valence-electron chi connectivity index (χ2n) is 5.07. The lowest BCUT2D eigenvalue weighted by atomic mass is 9.81. The smallest absolute Gasteiger partial charge is 0.320 e. The molecule has 0 amide bonds. The van der Waals surface area contributed by atoms with Crippen LogP contribution in [0.4, 0.5) is 0 Å². The number of halogens is 1. The van der Waals surface area contributed by atoms with Crippen molar-refractivity contribution in [1.82, 2.24) is 5.32 Å². The molecule has 1 aliphatic carbocycles. The standard InChI is InChI=1S/C12H13ClN2O4/c1-5-2-6-9(7(13)3-5)15-19-11-12(6,18)4-8(14-11)10(16)17/h2-3,5,8,11,14,18H,4H2,1H3,(H,16,17)/t5?,8-,11+,12+/m0/s1. The van der Waals surface area contributed by atoms with E-state index in [1.165, 1.54) is 0 Å². The van der Waals surface area contributed by atoms with Crippen LogP contribution in [0.5, 0.6) is 0 Å². The zero-order valence-corrected chi connectivity index (χ0v) is 10.9. The van der Waals surface area contributed by atoms with Crippen LogP contribution < -0.4 is 5.32 Å². The minimum atomic E-state index is -1.41. The first-order valence-electron chi connectivity index (χ1n) is 5.97. The van der Waals surface area contributed by atoms with E-state index < -0.39 is 23.8 Å². The maximum absolute atomic E-state index is 11.1. The molecular formula is C12H13ClN2O4. The van der Waals surface area contributed by atoms with Gasteiger partial charge >= 0.3 is 5.97 Å². The fraction of sp³-hybridized carbons (Fsp3) is 0.500. The van der Waals surface area contributed by atoms with E-state index in [4.69, 9.17) is 21.5 Å². The van der Waals surface area contributed by atoms with Crippen LogP contribution in [0.2, 0.25) is 0 Å². The molecule has 7 heteroatoms. The van der Waals surface area contributed by atoms with E-state index in [9.17, 15) is 9.90 Å². The number of nitrogens with one attached hydrogen (secondary N) is 1. The third-order valence-corrected chi connectivity index (χ3v) is 3.94. The number of carboxylic acid groups (broad SMARTS) is 1. The number of aliphatic hydroxyl groups is 1. The summed E-state index contributed by atoms with van der Waals surface area (Å²) in [7, 11) is 0. The molecule has 0 aromatic carbocycles. The molecule has 2 aliphatic heterocycles. The van der Waals surface area contributed by atoms with E-state index in [-0.39, 0.29) is 12.3 Å². The van der Waals surface area contributed by atoms with Gasteiger partial charge in [0.25, 0.3) is 0 Å². The molecule has 3 rings (SSSR count). The molecule has 0 saturated carbocycles. The van der Waals surface area contributed by atoms with Crippen molar-refractivity contribution in [3.05, 3.63) is 22.8 Å². The van der Waals surface area contributed by atoms with Crippen LogP contribution in [0, 0.1) is 5.92 Å². The molecule has 3 aliphatic rings. The number of hydrogen-bond acceptors (Lipinski definition) is 5. The number of aliphatic carboxylic acids is 1. The Morgan fingerprint density at radius 2 is 2.37 bits per heavy atom. The molecule has 4 atom stereocenters. The Morgan fingerprint density at radius 3 is 3.05 bits per heavy atom. The molecular weight excluding hydrogens is 272 g/mol.